The van der Waals surface area contributed by atoms with E-state index in [0.29, 0.717) is 11.4 Å². The van der Waals surface area contributed by atoms with Crippen LogP contribution in [0.3, 0.4) is 0 Å². The van der Waals surface area contributed by atoms with E-state index in [2.05, 4.69) is 132 Å². The number of para-hydroxylation sites is 2. The zero-order valence-electron chi connectivity index (χ0n) is 27.8. The average Bonchev–Trinajstić information content (AvgIpc) is 3.85. The summed E-state index contributed by atoms with van der Waals surface area (Å²) in [4.78, 5) is 10.8. The van der Waals surface area contributed by atoms with Crippen molar-refractivity contribution in [1.29, 1.82) is 0 Å². The number of rotatable bonds is 3. The van der Waals surface area contributed by atoms with E-state index in [1.807, 2.05) is 36.4 Å². The van der Waals surface area contributed by atoms with Gasteiger partial charge >= 0.3 is 0 Å². The summed E-state index contributed by atoms with van der Waals surface area (Å²) in [5.41, 5.74) is 13.3. The van der Waals surface area contributed by atoms with Gasteiger partial charge in [-0.05, 0) is 80.7 Å². The lowest BCUT2D eigenvalue weighted by molar-refractivity contribution is 0.667. The second kappa shape index (κ2) is 10.3. The van der Waals surface area contributed by atoms with E-state index in [4.69, 9.17) is 14.4 Å². The molecule has 1 aliphatic carbocycles. The van der Waals surface area contributed by atoms with Crippen LogP contribution in [0.4, 0.5) is 0 Å². The fraction of sp³-hybridized carbons (Fsp3) is 0. The van der Waals surface area contributed by atoms with Gasteiger partial charge in [-0.15, -0.1) is 0 Å². The Morgan fingerprint density at radius 2 is 1.15 bits per heavy atom. The molecule has 1 aliphatic rings. The average molecular weight is 662 g/mol. The SMILES string of the molecule is c1ccc(-c2nc(-c3cc(-n4c5ccccc5c5cc6ccccc6cc54)cc4c3-c3cccc5cccc-4c35)nc3c2oc2ccccc23)cc1. The number of furan rings is 1. The van der Waals surface area contributed by atoms with Crippen LogP contribution in [0.1, 0.15) is 0 Å². The highest BCUT2D eigenvalue weighted by atomic mass is 16.3. The molecule has 0 saturated carbocycles. The summed E-state index contributed by atoms with van der Waals surface area (Å²) in [7, 11) is 0. The van der Waals surface area contributed by atoms with E-state index >= 15 is 0 Å². The summed E-state index contributed by atoms with van der Waals surface area (Å²) in [5, 5.41) is 8.38. The highest BCUT2D eigenvalue weighted by molar-refractivity contribution is 6.19. The number of benzene rings is 8. The molecule has 0 spiro atoms. The second-order valence-electron chi connectivity index (χ2n) is 13.7. The first-order valence-electron chi connectivity index (χ1n) is 17.7. The quantitative estimate of drug-likeness (QED) is 0.189. The molecule has 240 valence electrons. The van der Waals surface area contributed by atoms with E-state index in [1.54, 1.807) is 0 Å². The Balaban J connectivity index is 1.24. The van der Waals surface area contributed by atoms with Crippen molar-refractivity contribution in [1.82, 2.24) is 14.5 Å². The highest BCUT2D eigenvalue weighted by Gasteiger charge is 2.29. The maximum atomic E-state index is 6.50. The van der Waals surface area contributed by atoms with Crippen LogP contribution in [0.15, 0.2) is 168 Å². The number of aromatic nitrogens is 3. The number of hydrogen-bond donors (Lipinski definition) is 0. The molecule has 0 radical (unpaired) electrons. The van der Waals surface area contributed by atoms with Crippen LogP contribution in [0.2, 0.25) is 0 Å². The summed E-state index contributed by atoms with van der Waals surface area (Å²) in [6.45, 7) is 0. The van der Waals surface area contributed by atoms with E-state index in [1.165, 1.54) is 54.5 Å². The lowest BCUT2D eigenvalue weighted by atomic mass is 9.96. The molecule has 3 aromatic heterocycles. The summed E-state index contributed by atoms with van der Waals surface area (Å²) < 4.78 is 8.93. The molecule has 0 bridgehead atoms. The topological polar surface area (TPSA) is 43.9 Å². The van der Waals surface area contributed by atoms with Crippen LogP contribution in [-0.4, -0.2) is 14.5 Å². The third-order valence-electron chi connectivity index (χ3n) is 10.9. The van der Waals surface area contributed by atoms with E-state index in [9.17, 15) is 0 Å². The molecule has 4 heteroatoms. The van der Waals surface area contributed by atoms with Gasteiger partial charge in [0.05, 0.1) is 11.0 Å². The van der Waals surface area contributed by atoms with E-state index in [-0.39, 0.29) is 0 Å². The van der Waals surface area contributed by atoms with Gasteiger partial charge in [0, 0.05) is 38.5 Å². The van der Waals surface area contributed by atoms with Gasteiger partial charge < -0.3 is 8.98 Å². The monoisotopic (exact) mass is 661 g/mol. The molecule has 0 aliphatic heterocycles. The van der Waals surface area contributed by atoms with Crippen LogP contribution >= 0.6 is 0 Å². The molecule has 12 rings (SSSR count). The van der Waals surface area contributed by atoms with Gasteiger partial charge in [-0.25, -0.2) is 9.97 Å². The third-order valence-corrected chi connectivity index (χ3v) is 10.9. The van der Waals surface area contributed by atoms with Gasteiger partial charge in [-0.3, -0.25) is 0 Å². The minimum absolute atomic E-state index is 0.673. The summed E-state index contributed by atoms with van der Waals surface area (Å²) in [5.74, 6) is 0.673. The minimum Gasteiger partial charge on any atom is -0.452 e. The summed E-state index contributed by atoms with van der Waals surface area (Å²) >= 11 is 0. The largest absolute Gasteiger partial charge is 0.452 e. The van der Waals surface area contributed by atoms with Gasteiger partial charge in [-0.2, -0.15) is 0 Å². The van der Waals surface area contributed by atoms with Crippen molar-refractivity contribution in [2.75, 3.05) is 0 Å². The molecule has 0 saturated heterocycles. The summed E-state index contributed by atoms with van der Waals surface area (Å²) in [6, 6.07) is 58.4. The Bertz CT molecular complexity index is 3290. The van der Waals surface area contributed by atoms with Crippen LogP contribution in [0.5, 0.6) is 0 Å². The predicted molar refractivity (Wildman–Crippen MR) is 214 cm³/mol. The zero-order valence-corrected chi connectivity index (χ0v) is 27.8. The molecule has 4 nitrogen and oxygen atoms in total. The van der Waals surface area contributed by atoms with Crippen LogP contribution in [0, 0.1) is 0 Å². The first kappa shape index (κ1) is 27.7. The van der Waals surface area contributed by atoms with Crippen molar-refractivity contribution in [2.24, 2.45) is 0 Å². The fourth-order valence-electron chi connectivity index (χ4n) is 8.65. The molecule has 0 fully saturated rings. The van der Waals surface area contributed by atoms with Crippen molar-refractivity contribution in [3.05, 3.63) is 164 Å². The smallest absolute Gasteiger partial charge is 0.180 e. The lowest BCUT2D eigenvalue weighted by Gasteiger charge is -2.16. The molecule has 0 unspecified atom stereocenters. The predicted octanol–water partition coefficient (Wildman–Crippen LogP) is 12.8. The van der Waals surface area contributed by atoms with Crippen molar-refractivity contribution in [3.8, 4) is 50.6 Å². The Morgan fingerprint density at radius 1 is 0.462 bits per heavy atom. The van der Waals surface area contributed by atoms with E-state index in [0.717, 1.165) is 50.1 Å². The van der Waals surface area contributed by atoms with Crippen LogP contribution < -0.4 is 0 Å². The normalized spacial score (nSPS) is 12.2. The van der Waals surface area contributed by atoms with Crippen LogP contribution in [0.25, 0.3) is 116 Å². The first-order chi connectivity index (χ1) is 25.8. The van der Waals surface area contributed by atoms with Gasteiger partial charge in [0.25, 0.3) is 0 Å². The van der Waals surface area contributed by atoms with Crippen molar-refractivity contribution < 1.29 is 4.42 Å². The highest BCUT2D eigenvalue weighted by Crippen LogP contribution is 2.52. The molecule has 0 amide bonds. The maximum absolute atomic E-state index is 6.50. The first-order valence-corrected chi connectivity index (χ1v) is 17.7. The zero-order chi connectivity index (χ0) is 33.9. The molecule has 3 heterocycles. The van der Waals surface area contributed by atoms with Gasteiger partial charge in [0.1, 0.15) is 16.8 Å². The molecular weight excluding hydrogens is 635 g/mol. The molecule has 0 N–H and O–H groups in total. The molecule has 0 atom stereocenters. The van der Waals surface area contributed by atoms with Crippen LogP contribution in [-0.2, 0) is 0 Å². The second-order valence-corrected chi connectivity index (χ2v) is 13.7. The summed E-state index contributed by atoms with van der Waals surface area (Å²) in [6.07, 6.45) is 0. The van der Waals surface area contributed by atoms with Gasteiger partial charge in [0.15, 0.2) is 11.4 Å². The Labute approximate surface area is 297 Å². The standard InChI is InChI=1S/C48H27N3O/c1-2-12-29(13-3-1)45-47-46(35-19-7-9-23-42(35)52-47)50-48(49-45)39-27-32(26-38-34-20-10-16-28-17-11-21-36(43(28)34)44(38)39)51-40-22-8-6-18-33(40)37-24-30-14-4-5-15-31(30)25-41(37)51/h1-27H. The number of fused-ring (bicyclic) bond motifs is 10. The van der Waals surface area contributed by atoms with Crippen molar-refractivity contribution in [3.63, 3.8) is 0 Å². The van der Waals surface area contributed by atoms with Gasteiger partial charge in [0.2, 0.25) is 0 Å². The van der Waals surface area contributed by atoms with Crippen molar-refractivity contribution in [2.45, 2.75) is 0 Å². The fourth-order valence-corrected chi connectivity index (χ4v) is 8.65. The maximum Gasteiger partial charge on any atom is 0.180 e. The Hall–Kier alpha value is -7.04. The van der Waals surface area contributed by atoms with E-state index < -0.39 is 0 Å². The van der Waals surface area contributed by atoms with Gasteiger partial charge in [-0.1, -0.05) is 121 Å². The third kappa shape index (κ3) is 3.75. The number of hydrogen-bond acceptors (Lipinski definition) is 3. The molecule has 52 heavy (non-hydrogen) atoms. The van der Waals surface area contributed by atoms with Crippen molar-refractivity contribution >= 4 is 65.4 Å². The minimum atomic E-state index is 0.673. The Kier molecular flexibility index (Phi) is 5.47. The Morgan fingerprint density at radius 3 is 2.02 bits per heavy atom. The lowest BCUT2D eigenvalue weighted by Crippen LogP contribution is -2.00. The molecular formula is C48H27N3O. The molecule has 8 aromatic carbocycles. The number of nitrogens with zero attached hydrogens (tertiary/aromatic N) is 3. The molecule has 11 aromatic rings.